The third-order valence-electron chi connectivity index (χ3n) is 20.2. The van der Waals surface area contributed by atoms with Gasteiger partial charge >= 0.3 is 0 Å². The molecule has 1 unspecified atom stereocenters. The van der Waals surface area contributed by atoms with Gasteiger partial charge in [-0.05, 0) is 181 Å². The number of fused-ring (bicyclic) bond motifs is 18. The van der Waals surface area contributed by atoms with Crippen molar-refractivity contribution in [3.05, 3.63) is 320 Å². The third-order valence-corrected chi connectivity index (χ3v) is 20.2. The van der Waals surface area contributed by atoms with Gasteiger partial charge in [-0.3, -0.25) is 0 Å². The fourth-order valence-electron chi connectivity index (χ4n) is 16.0. The summed E-state index contributed by atoms with van der Waals surface area (Å²) in [6, 6.07) is 111. The molecule has 1 aliphatic carbocycles. The Morgan fingerprint density at radius 1 is 0.293 bits per heavy atom. The molecule has 1 atom stereocenters. The zero-order valence-electron chi connectivity index (χ0n) is 49.9. The minimum Gasteiger partial charge on any atom is -0.456 e. The average Bonchev–Trinajstić information content (AvgIpc) is 0.992. The molecular weight excluding hydrogens is 1120 g/mol. The minimum atomic E-state index is -0.793. The van der Waals surface area contributed by atoms with Gasteiger partial charge in [0.25, 0.3) is 0 Å². The molecule has 0 saturated heterocycles. The molecule has 19 aromatic rings. The Balaban J connectivity index is 0.824. The van der Waals surface area contributed by atoms with E-state index in [9.17, 15) is 0 Å². The molecule has 1 aliphatic rings. The van der Waals surface area contributed by atoms with E-state index in [-0.39, 0.29) is 0 Å². The Kier molecular flexibility index (Phi) is 10.8. The summed E-state index contributed by atoms with van der Waals surface area (Å²) in [5, 5.41) is 29.3. The van der Waals surface area contributed by atoms with Crippen LogP contribution in [0.5, 0.6) is 0 Å². The number of nitrogens with zero attached hydrogens (tertiary/aromatic N) is 1. The lowest BCUT2D eigenvalue weighted by atomic mass is 9.73. The Morgan fingerprint density at radius 3 is 1.32 bits per heavy atom. The first-order chi connectivity index (χ1) is 45.6. The summed E-state index contributed by atoms with van der Waals surface area (Å²) in [6.45, 7) is 0. The van der Waals surface area contributed by atoms with Crippen molar-refractivity contribution in [1.29, 1.82) is 0 Å². The molecule has 1 N–H and O–H groups in total. The van der Waals surface area contributed by atoms with Crippen LogP contribution in [0.15, 0.2) is 312 Å². The van der Waals surface area contributed by atoms with Crippen LogP contribution in [-0.4, -0.2) is 0 Å². The number of rotatable bonds is 8. The first kappa shape index (κ1) is 51.0. The second-order valence-corrected chi connectivity index (χ2v) is 25.0. The molecule has 0 amide bonds. The number of furan rings is 2. The van der Waals surface area contributed by atoms with Gasteiger partial charge in [0.05, 0.1) is 16.9 Å². The summed E-state index contributed by atoms with van der Waals surface area (Å²) in [7, 11) is 0. The van der Waals surface area contributed by atoms with Crippen molar-refractivity contribution < 1.29 is 8.83 Å². The van der Waals surface area contributed by atoms with Gasteiger partial charge < -0.3 is 19.1 Å². The van der Waals surface area contributed by atoms with Gasteiger partial charge in [-0.25, -0.2) is 0 Å². The first-order valence-corrected chi connectivity index (χ1v) is 31.8. The minimum absolute atomic E-state index is 0.669. The molecule has 17 aromatic carbocycles. The van der Waals surface area contributed by atoms with Crippen molar-refractivity contribution >= 4 is 159 Å². The summed E-state index contributed by atoms with van der Waals surface area (Å²) < 4.78 is 14.8. The third kappa shape index (κ3) is 7.40. The fourth-order valence-corrected chi connectivity index (χ4v) is 16.0. The highest BCUT2D eigenvalue weighted by molar-refractivity contribution is 6.30. The number of hydrogen-bond donors (Lipinski definition) is 1. The number of hydrogen-bond acceptors (Lipinski definition) is 4. The van der Waals surface area contributed by atoms with Crippen LogP contribution in [0, 0.1) is 0 Å². The van der Waals surface area contributed by atoms with Crippen molar-refractivity contribution in [1.82, 2.24) is 0 Å². The fraction of sp³-hybridized carbons (Fsp3) is 0.0227. The van der Waals surface area contributed by atoms with E-state index in [1.807, 2.05) is 0 Å². The molecule has 0 fully saturated rings. The lowest BCUT2D eigenvalue weighted by Gasteiger charge is -2.39. The topological polar surface area (TPSA) is 41.6 Å². The van der Waals surface area contributed by atoms with E-state index in [0.717, 1.165) is 83.1 Å². The molecule has 20 rings (SSSR count). The SMILES string of the molecule is C1=c2ccc3c(N(c4ccc(-c5ccccc5)cc4)c4cccc5c4oc4cc6c7ccccc7c7ccccc7c6cc45)ccc4ccc(c2c43)C(Nc2ccc(-c3ccccc3)cc2)(c2cccc3c2oc2cc4c5ccccc5c5ccccc5c4cc23)C1. The Morgan fingerprint density at radius 2 is 0.750 bits per heavy atom. The van der Waals surface area contributed by atoms with E-state index < -0.39 is 5.54 Å². The maximum absolute atomic E-state index is 7.42. The smallest absolute Gasteiger partial charge is 0.159 e. The van der Waals surface area contributed by atoms with E-state index in [0.29, 0.717) is 6.42 Å². The maximum atomic E-state index is 7.42. The second kappa shape index (κ2) is 19.5. The van der Waals surface area contributed by atoms with Crippen LogP contribution in [0.25, 0.3) is 158 Å². The molecule has 0 spiro atoms. The van der Waals surface area contributed by atoms with Gasteiger partial charge in [0.15, 0.2) is 5.58 Å². The maximum Gasteiger partial charge on any atom is 0.159 e. The quantitative estimate of drug-likeness (QED) is 0.154. The van der Waals surface area contributed by atoms with Crippen molar-refractivity contribution in [2.45, 2.75) is 12.0 Å². The zero-order chi connectivity index (χ0) is 60.2. The van der Waals surface area contributed by atoms with Crippen LogP contribution in [-0.2, 0) is 5.54 Å². The van der Waals surface area contributed by atoms with Gasteiger partial charge in [0.2, 0.25) is 0 Å². The summed E-state index contributed by atoms with van der Waals surface area (Å²) in [5.74, 6) is 0. The van der Waals surface area contributed by atoms with Gasteiger partial charge in [-0.1, -0.05) is 249 Å². The normalized spacial score (nSPS) is 14.2. The van der Waals surface area contributed by atoms with Crippen LogP contribution < -0.4 is 15.4 Å². The van der Waals surface area contributed by atoms with Crippen LogP contribution in [0.2, 0.25) is 0 Å². The predicted octanol–water partition coefficient (Wildman–Crippen LogP) is 23.8. The molecular formula is C88H54N2O2. The number of benzene rings is 17. The van der Waals surface area contributed by atoms with E-state index in [1.165, 1.54) is 108 Å². The van der Waals surface area contributed by atoms with Gasteiger partial charge in [-0.15, -0.1) is 0 Å². The van der Waals surface area contributed by atoms with Crippen molar-refractivity contribution in [3.63, 3.8) is 0 Å². The van der Waals surface area contributed by atoms with E-state index in [1.54, 1.807) is 0 Å². The summed E-state index contributed by atoms with van der Waals surface area (Å²) in [5.41, 5.74) is 13.6. The standard InChI is InChI=1S/C88H54N2O2/c1-3-17-53(18-4-1)55-33-40-59(41-34-55)89-88(79-31-15-29-69-76-49-72-65-25-11-7-21-61(65)63-23-9-13-27-67(63)74(72)51-82(76)91-86(69)79)48-47-58-37-44-71-80(46-39-57-38-45-78(88)85(58)84(57)71)90(60-42-35-56(36-43-60)54-19-5-2-6-20-54)81-32-16-30-70-77-50-73-66-26-12-8-22-62(66)64-24-10-14-28-68(64)75(73)52-83(77)92-87(70)81/h1-47,49-52,89H,48H2. The van der Waals surface area contributed by atoms with Crippen molar-refractivity contribution in [3.8, 4) is 22.3 Å². The van der Waals surface area contributed by atoms with Gasteiger partial charge in [0, 0.05) is 43.9 Å². The van der Waals surface area contributed by atoms with Crippen LogP contribution >= 0.6 is 0 Å². The number of para-hydroxylation sites is 2. The highest BCUT2D eigenvalue weighted by Crippen LogP contribution is 2.52. The summed E-state index contributed by atoms with van der Waals surface area (Å²) >= 11 is 0. The average molecular weight is 1170 g/mol. The molecule has 428 valence electrons. The van der Waals surface area contributed by atoms with E-state index in [2.05, 4.69) is 320 Å². The van der Waals surface area contributed by atoms with Gasteiger partial charge in [-0.2, -0.15) is 0 Å². The molecule has 0 radical (unpaired) electrons. The molecule has 0 aliphatic heterocycles. The van der Waals surface area contributed by atoms with Crippen molar-refractivity contribution in [2.75, 3.05) is 10.2 Å². The van der Waals surface area contributed by atoms with Gasteiger partial charge in [0.1, 0.15) is 16.7 Å². The van der Waals surface area contributed by atoms with Crippen molar-refractivity contribution in [2.24, 2.45) is 0 Å². The molecule has 2 heterocycles. The van der Waals surface area contributed by atoms with E-state index >= 15 is 0 Å². The van der Waals surface area contributed by atoms with Crippen LogP contribution in [0.4, 0.5) is 22.7 Å². The monoisotopic (exact) mass is 1170 g/mol. The lowest BCUT2D eigenvalue weighted by Crippen LogP contribution is -2.40. The lowest BCUT2D eigenvalue weighted by molar-refractivity contribution is 0.591. The Bertz CT molecular complexity index is 6360. The second-order valence-electron chi connectivity index (χ2n) is 25.0. The molecule has 0 saturated carbocycles. The van der Waals surface area contributed by atoms with E-state index in [4.69, 9.17) is 8.83 Å². The summed E-state index contributed by atoms with van der Waals surface area (Å²) in [6.07, 6.45) is 3.13. The first-order valence-electron chi connectivity index (χ1n) is 31.8. The number of anilines is 4. The Hall–Kier alpha value is -12.0. The predicted molar refractivity (Wildman–Crippen MR) is 388 cm³/mol. The highest BCUT2D eigenvalue weighted by atomic mass is 16.3. The molecule has 92 heavy (non-hydrogen) atoms. The molecule has 4 nitrogen and oxygen atoms in total. The molecule has 4 heteroatoms. The summed E-state index contributed by atoms with van der Waals surface area (Å²) in [4.78, 5) is 2.44. The highest BCUT2D eigenvalue weighted by Gasteiger charge is 2.40. The Labute approximate surface area is 528 Å². The largest absolute Gasteiger partial charge is 0.456 e. The van der Waals surface area contributed by atoms with Crippen LogP contribution in [0.1, 0.15) is 17.5 Å². The zero-order valence-corrected chi connectivity index (χ0v) is 49.9. The molecule has 0 bridgehead atoms. The molecule has 2 aromatic heterocycles. The number of nitrogens with one attached hydrogen (secondary N) is 1. The van der Waals surface area contributed by atoms with Crippen LogP contribution in [0.3, 0.4) is 0 Å².